The van der Waals surface area contributed by atoms with Crippen LogP contribution in [0.2, 0.25) is 0 Å². The highest BCUT2D eigenvalue weighted by Crippen LogP contribution is 2.53. The molecular formula is C32H35NO12. The molecule has 2 aromatic carbocycles. The van der Waals surface area contributed by atoms with Gasteiger partial charge < -0.3 is 44.1 Å². The van der Waals surface area contributed by atoms with Gasteiger partial charge in [-0.05, 0) is 19.4 Å². The maximum atomic E-state index is 13.8. The van der Waals surface area contributed by atoms with Crippen LogP contribution in [-0.4, -0.2) is 107 Å². The number of carbonyl (C=O) groups excluding carboxylic acids is 2. The number of phenolic OH excluding ortho intramolecular Hbond substituents is 2. The van der Waals surface area contributed by atoms with Gasteiger partial charge in [0.25, 0.3) is 0 Å². The summed E-state index contributed by atoms with van der Waals surface area (Å²) in [6.45, 7) is 3.13. The molecule has 5 aliphatic rings. The van der Waals surface area contributed by atoms with E-state index >= 15 is 0 Å². The lowest BCUT2D eigenvalue weighted by Gasteiger charge is -2.44. The number of rotatable bonds is 5. The molecule has 0 bridgehead atoms. The zero-order chi connectivity index (χ0) is 31.9. The number of benzene rings is 2. The first-order chi connectivity index (χ1) is 21.5. The number of phenols is 2. The number of methoxy groups -OCH3 is 2. The van der Waals surface area contributed by atoms with Gasteiger partial charge in [-0.1, -0.05) is 12.1 Å². The third kappa shape index (κ3) is 4.40. The Kier molecular flexibility index (Phi) is 7.19. The molecule has 3 aliphatic heterocycles. The van der Waals surface area contributed by atoms with Crippen molar-refractivity contribution in [3.8, 4) is 17.2 Å². The molecule has 3 fully saturated rings. The van der Waals surface area contributed by atoms with Crippen LogP contribution in [0.1, 0.15) is 75.3 Å². The maximum absolute atomic E-state index is 13.8. The van der Waals surface area contributed by atoms with E-state index in [0.717, 1.165) is 6.42 Å². The van der Waals surface area contributed by atoms with E-state index in [2.05, 4.69) is 4.90 Å². The fourth-order valence-electron chi connectivity index (χ4n) is 8.15. The minimum absolute atomic E-state index is 0.0343. The smallest absolute Gasteiger partial charge is 0.336 e. The lowest BCUT2D eigenvalue weighted by molar-refractivity contribution is -0.246. The number of aliphatic hydroxyl groups is 1. The van der Waals surface area contributed by atoms with Crippen molar-refractivity contribution in [2.24, 2.45) is 5.92 Å². The van der Waals surface area contributed by atoms with E-state index in [-0.39, 0.29) is 58.4 Å². The molecule has 4 N–H and O–H groups in total. The molecule has 13 nitrogen and oxygen atoms in total. The number of hydrogen-bond acceptors (Lipinski definition) is 12. The van der Waals surface area contributed by atoms with Gasteiger partial charge in [0, 0.05) is 61.6 Å². The number of carboxylic acid groups (broad SMARTS) is 1. The lowest BCUT2D eigenvalue weighted by atomic mass is 9.73. The van der Waals surface area contributed by atoms with Crippen LogP contribution < -0.4 is 4.74 Å². The van der Waals surface area contributed by atoms with E-state index in [1.807, 2.05) is 6.92 Å². The minimum Gasteiger partial charge on any atom is -0.507 e. The van der Waals surface area contributed by atoms with Crippen LogP contribution in [0.3, 0.4) is 0 Å². The van der Waals surface area contributed by atoms with Crippen LogP contribution in [0.5, 0.6) is 17.2 Å². The summed E-state index contributed by atoms with van der Waals surface area (Å²) in [4.78, 5) is 42.1. The average molecular weight is 626 g/mol. The SMILES string of the molecule is COc1cccc2c1C(=O)c1c(O)c3c(c(O)c1C2=O)C[C@@](O)(C(=O)O)C[C@@H]3O[C@H]1C[C@H]2[C@H](C[C@@H]3[C@@H](OC)OCCN32)[C@H](C)O1. The van der Waals surface area contributed by atoms with Gasteiger partial charge in [0.2, 0.25) is 5.78 Å². The number of ketones is 2. The van der Waals surface area contributed by atoms with Crippen molar-refractivity contribution in [2.45, 2.75) is 75.1 Å². The molecule has 0 amide bonds. The van der Waals surface area contributed by atoms with Crippen molar-refractivity contribution >= 4 is 17.5 Å². The predicted molar refractivity (Wildman–Crippen MR) is 152 cm³/mol. The summed E-state index contributed by atoms with van der Waals surface area (Å²) in [5.74, 6) is -4.08. The molecule has 240 valence electrons. The molecule has 2 aromatic rings. The number of ether oxygens (including phenoxy) is 5. The van der Waals surface area contributed by atoms with Crippen molar-refractivity contribution in [2.75, 3.05) is 27.4 Å². The van der Waals surface area contributed by atoms with Gasteiger partial charge in [0.05, 0.1) is 48.7 Å². The molecule has 0 unspecified atom stereocenters. The van der Waals surface area contributed by atoms with Gasteiger partial charge in [-0.15, -0.1) is 0 Å². The van der Waals surface area contributed by atoms with Gasteiger partial charge in [0.1, 0.15) is 17.2 Å². The van der Waals surface area contributed by atoms with Crippen molar-refractivity contribution in [1.29, 1.82) is 0 Å². The van der Waals surface area contributed by atoms with E-state index < -0.39 is 71.0 Å². The number of hydrogen-bond donors (Lipinski definition) is 4. The number of fused-ring (bicyclic) bond motifs is 6. The monoisotopic (exact) mass is 625 g/mol. The van der Waals surface area contributed by atoms with E-state index in [1.165, 1.54) is 25.3 Å². The summed E-state index contributed by atoms with van der Waals surface area (Å²) < 4.78 is 29.4. The van der Waals surface area contributed by atoms with Crippen LogP contribution in [0.15, 0.2) is 18.2 Å². The fraction of sp³-hybridized carbons (Fsp3) is 0.531. The second-order valence-corrected chi connectivity index (χ2v) is 12.5. The van der Waals surface area contributed by atoms with Crippen molar-refractivity contribution in [1.82, 2.24) is 4.90 Å². The van der Waals surface area contributed by atoms with Gasteiger partial charge in [-0.2, -0.15) is 0 Å². The van der Waals surface area contributed by atoms with E-state index in [1.54, 1.807) is 7.11 Å². The second-order valence-electron chi connectivity index (χ2n) is 12.5. The molecule has 0 radical (unpaired) electrons. The van der Waals surface area contributed by atoms with Gasteiger partial charge in [0.15, 0.2) is 24.0 Å². The molecule has 13 heteroatoms. The molecule has 0 spiro atoms. The van der Waals surface area contributed by atoms with Crippen LogP contribution >= 0.6 is 0 Å². The quantitative estimate of drug-likeness (QED) is 0.302. The molecule has 2 aliphatic carbocycles. The van der Waals surface area contributed by atoms with Crippen molar-refractivity contribution < 1.29 is 58.5 Å². The van der Waals surface area contributed by atoms with Gasteiger partial charge >= 0.3 is 5.97 Å². The normalized spacial score (nSPS) is 33.9. The highest BCUT2D eigenvalue weighted by atomic mass is 16.7. The summed E-state index contributed by atoms with van der Waals surface area (Å²) in [7, 11) is 2.96. The summed E-state index contributed by atoms with van der Waals surface area (Å²) in [5, 5.41) is 44.5. The molecule has 0 saturated carbocycles. The summed E-state index contributed by atoms with van der Waals surface area (Å²) >= 11 is 0. The highest BCUT2D eigenvalue weighted by molar-refractivity contribution is 6.31. The Balaban J connectivity index is 1.29. The Bertz CT molecular complexity index is 1610. The number of aromatic hydroxyl groups is 2. The van der Waals surface area contributed by atoms with Crippen LogP contribution in [0.4, 0.5) is 0 Å². The second kappa shape index (κ2) is 10.7. The number of carboxylic acids is 1. The maximum Gasteiger partial charge on any atom is 0.336 e. The standard InChI is InChI=1S/C32H35NO12/c1-13-15-9-18-30(42-3)43-8-7-33(18)17(15)10-21(44-13)45-20-12-32(40,31(38)39)11-16-23(20)29(37)25-24(27(16)35)26(34)14-5-4-6-19(41-2)22(14)28(25)36/h4-6,13,15,17-18,20-21,30,35,37,40H,7-12H2,1-3H3,(H,38,39)/t13-,15+,17-,18+,20-,21-,30-,32-/m0/s1. The van der Waals surface area contributed by atoms with Gasteiger partial charge in [-0.3, -0.25) is 14.5 Å². The molecular weight excluding hydrogens is 590 g/mol. The lowest BCUT2D eigenvalue weighted by Crippen LogP contribution is -2.54. The molecule has 7 rings (SSSR count). The minimum atomic E-state index is -2.41. The first-order valence-corrected chi connectivity index (χ1v) is 15.0. The zero-order valence-electron chi connectivity index (χ0n) is 25.0. The number of aliphatic carboxylic acids is 1. The van der Waals surface area contributed by atoms with Crippen LogP contribution in [-0.2, 0) is 30.2 Å². The summed E-state index contributed by atoms with van der Waals surface area (Å²) in [5.41, 5.74) is -3.65. The Morgan fingerprint density at radius 1 is 1.04 bits per heavy atom. The first kappa shape index (κ1) is 30.1. The topological polar surface area (TPSA) is 182 Å². The number of carbonyl (C=O) groups is 3. The third-order valence-electron chi connectivity index (χ3n) is 10.2. The molecule has 8 atom stereocenters. The van der Waals surface area contributed by atoms with Crippen molar-refractivity contribution in [3.63, 3.8) is 0 Å². The number of morpholine rings is 1. The Morgan fingerprint density at radius 2 is 1.80 bits per heavy atom. The van der Waals surface area contributed by atoms with Gasteiger partial charge in [-0.25, -0.2) is 4.79 Å². The highest BCUT2D eigenvalue weighted by Gasteiger charge is 2.54. The van der Waals surface area contributed by atoms with Crippen molar-refractivity contribution in [3.05, 3.63) is 51.6 Å². The summed E-state index contributed by atoms with van der Waals surface area (Å²) in [6.07, 6.45) is -2.75. The van der Waals surface area contributed by atoms with E-state index in [0.29, 0.717) is 19.6 Å². The third-order valence-corrected chi connectivity index (χ3v) is 10.2. The Morgan fingerprint density at radius 3 is 2.51 bits per heavy atom. The first-order valence-electron chi connectivity index (χ1n) is 15.0. The number of nitrogens with zero attached hydrogens (tertiary/aromatic N) is 1. The molecule has 3 saturated heterocycles. The molecule has 3 heterocycles. The zero-order valence-corrected chi connectivity index (χ0v) is 25.0. The molecule has 45 heavy (non-hydrogen) atoms. The van der Waals surface area contributed by atoms with E-state index in [4.69, 9.17) is 23.7 Å². The Hall–Kier alpha value is -3.59. The predicted octanol–water partition coefficient (Wildman–Crippen LogP) is 1.90. The van der Waals surface area contributed by atoms with Crippen LogP contribution in [0.25, 0.3) is 0 Å². The largest absolute Gasteiger partial charge is 0.507 e. The van der Waals surface area contributed by atoms with Crippen LogP contribution in [0, 0.1) is 5.92 Å². The van der Waals surface area contributed by atoms with E-state index in [9.17, 15) is 34.8 Å². The fourth-order valence-corrected chi connectivity index (χ4v) is 8.15. The average Bonchev–Trinajstić information content (AvgIpc) is 3.40. The molecule has 0 aromatic heterocycles. The Labute approximate surface area is 258 Å². The summed E-state index contributed by atoms with van der Waals surface area (Å²) in [6, 6.07) is 4.51.